The predicted octanol–water partition coefficient (Wildman–Crippen LogP) is 1.26. The van der Waals surface area contributed by atoms with Crippen LogP contribution < -0.4 is 0 Å². The number of carboxylic acids is 1. The zero-order valence-corrected chi connectivity index (χ0v) is 7.29. The largest absolute Gasteiger partial charge is 0.481 e. The molecule has 0 fully saturated rings. The van der Waals surface area contributed by atoms with Crippen LogP contribution in [0.15, 0.2) is 0 Å². The molecule has 0 amide bonds. The summed E-state index contributed by atoms with van der Waals surface area (Å²) in [6, 6.07) is 0. The number of carbonyl (C=O) groups is 1. The van der Waals surface area contributed by atoms with Gasteiger partial charge < -0.3 is 10.2 Å². The van der Waals surface area contributed by atoms with E-state index in [0.717, 1.165) is 0 Å². The molecular weight excluding hydrogens is 144 g/mol. The van der Waals surface area contributed by atoms with Crippen molar-refractivity contribution in [2.75, 3.05) is 0 Å². The number of hydrogen-bond acceptors (Lipinski definition) is 2. The summed E-state index contributed by atoms with van der Waals surface area (Å²) in [5.74, 6) is -1.32. The van der Waals surface area contributed by atoms with Gasteiger partial charge in [-0.3, -0.25) is 4.79 Å². The summed E-state index contributed by atoms with van der Waals surface area (Å²) in [5, 5.41) is 18.0. The highest BCUT2D eigenvalue weighted by molar-refractivity contribution is 5.69. The van der Waals surface area contributed by atoms with E-state index in [9.17, 15) is 9.90 Å². The zero-order valence-electron chi connectivity index (χ0n) is 7.29. The van der Waals surface area contributed by atoms with Crippen molar-refractivity contribution in [1.82, 2.24) is 0 Å². The van der Waals surface area contributed by atoms with Crippen LogP contribution in [0.25, 0.3) is 0 Å². The van der Waals surface area contributed by atoms with E-state index in [0.29, 0.717) is 12.8 Å². The lowest BCUT2D eigenvalue weighted by molar-refractivity contribution is -0.143. The molecule has 2 N–H and O–H groups in total. The van der Waals surface area contributed by atoms with Gasteiger partial charge in [-0.15, -0.1) is 0 Å². The van der Waals surface area contributed by atoms with Gasteiger partial charge >= 0.3 is 5.97 Å². The van der Waals surface area contributed by atoms with E-state index in [-0.39, 0.29) is 0 Å². The van der Waals surface area contributed by atoms with Crippen LogP contribution in [-0.4, -0.2) is 21.8 Å². The third kappa shape index (κ3) is 3.98. The third-order valence-corrected chi connectivity index (χ3v) is 1.93. The molecule has 0 aromatic carbocycles. The first-order valence-electron chi connectivity index (χ1n) is 3.84. The Morgan fingerprint density at radius 3 is 2.36 bits per heavy atom. The molecule has 3 nitrogen and oxygen atoms in total. The summed E-state index contributed by atoms with van der Waals surface area (Å²) in [7, 11) is 0. The highest BCUT2D eigenvalue weighted by atomic mass is 16.4. The normalized spacial score (nSPS) is 18.9. The lowest BCUT2D eigenvalue weighted by Crippen LogP contribution is -2.28. The molecule has 11 heavy (non-hydrogen) atoms. The summed E-state index contributed by atoms with van der Waals surface area (Å²) in [6.45, 7) is 5.10. The molecule has 0 aliphatic carbocycles. The maximum Gasteiger partial charge on any atom is 0.306 e. The second-order valence-corrected chi connectivity index (χ2v) is 3.29. The van der Waals surface area contributed by atoms with Crippen molar-refractivity contribution in [2.24, 2.45) is 5.92 Å². The van der Waals surface area contributed by atoms with Crippen LogP contribution in [0.4, 0.5) is 0 Å². The van der Waals surface area contributed by atoms with Gasteiger partial charge in [0.05, 0.1) is 11.5 Å². The lowest BCUT2D eigenvalue weighted by Gasteiger charge is -2.22. The highest BCUT2D eigenvalue weighted by Crippen LogP contribution is 2.19. The van der Waals surface area contributed by atoms with Crippen molar-refractivity contribution >= 4 is 5.97 Å². The molecule has 0 saturated carbocycles. The first-order valence-corrected chi connectivity index (χ1v) is 3.84. The Bertz CT molecular complexity index is 140. The topological polar surface area (TPSA) is 57.5 Å². The fraction of sp³-hybridized carbons (Fsp3) is 0.875. The van der Waals surface area contributed by atoms with Crippen LogP contribution in [0, 0.1) is 5.92 Å². The highest BCUT2D eigenvalue weighted by Gasteiger charge is 2.24. The Labute approximate surface area is 67.0 Å². The molecule has 0 rings (SSSR count). The standard InChI is InChI=1S/C8H16O3/c1-4-8(3,11)5-6(2)7(9)10/h6,11H,4-5H2,1-3H3,(H,9,10)/t6-,8?/m0/s1. The molecule has 0 aromatic rings. The van der Waals surface area contributed by atoms with Crippen molar-refractivity contribution < 1.29 is 15.0 Å². The van der Waals surface area contributed by atoms with Gasteiger partial charge in [0, 0.05) is 0 Å². The van der Waals surface area contributed by atoms with E-state index in [4.69, 9.17) is 5.11 Å². The summed E-state index contributed by atoms with van der Waals surface area (Å²) in [4.78, 5) is 10.4. The number of aliphatic carboxylic acids is 1. The molecule has 0 bridgehead atoms. The fourth-order valence-corrected chi connectivity index (χ4v) is 0.891. The summed E-state index contributed by atoms with van der Waals surface area (Å²) in [6.07, 6.45) is 0.906. The molecule has 0 aliphatic rings. The summed E-state index contributed by atoms with van der Waals surface area (Å²) in [5.41, 5.74) is -0.836. The van der Waals surface area contributed by atoms with Gasteiger partial charge in [-0.2, -0.15) is 0 Å². The predicted molar refractivity (Wildman–Crippen MR) is 42.3 cm³/mol. The van der Waals surface area contributed by atoms with Gasteiger partial charge in [-0.1, -0.05) is 13.8 Å². The average Bonchev–Trinajstić information content (AvgIpc) is 1.87. The van der Waals surface area contributed by atoms with Crippen LogP contribution in [0.2, 0.25) is 0 Å². The summed E-state index contributed by atoms with van der Waals surface area (Å²) >= 11 is 0. The molecule has 0 aromatic heterocycles. The van der Waals surface area contributed by atoms with E-state index in [1.165, 1.54) is 0 Å². The Hall–Kier alpha value is -0.570. The first-order chi connectivity index (χ1) is 4.89. The molecule has 0 radical (unpaired) electrons. The van der Waals surface area contributed by atoms with Crippen molar-refractivity contribution in [2.45, 2.75) is 39.2 Å². The monoisotopic (exact) mass is 160 g/mol. The molecule has 0 aliphatic heterocycles. The second kappa shape index (κ2) is 3.72. The summed E-state index contributed by atoms with van der Waals surface area (Å²) < 4.78 is 0. The molecule has 0 spiro atoms. The number of aliphatic hydroxyl groups is 1. The Balaban J connectivity index is 3.93. The maximum absolute atomic E-state index is 10.4. The van der Waals surface area contributed by atoms with E-state index in [2.05, 4.69) is 0 Å². The molecule has 0 heterocycles. The van der Waals surface area contributed by atoms with Crippen molar-refractivity contribution in [3.8, 4) is 0 Å². The van der Waals surface area contributed by atoms with Crippen LogP contribution in [0.5, 0.6) is 0 Å². The Morgan fingerprint density at radius 1 is 1.64 bits per heavy atom. The average molecular weight is 160 g/mol. The molecule has 1 unspecified atom stereocenters. The molecule has 66 valence electrons. The number of rotatable bonds is 4. The lowest BCUT2D eigenvalue weighted by atomic mass is 9.91. The number of hydrogen-bond donors (Lipinski definition) is 2. The minimum absolute atomic E-state index is 0.318. The minimum atomic E-state index is -0.848. The van der Waals surface area contributed by atoms with Gasteiger partial charge in [-0.05, 0) is 19.8 Å². The van der Waals surface area contributed by atoms with Gasteiger partial charge in [0.1, 0.15) is 0 Å². The maximum atomic E-state index is 10.4. The van der Waals surface area contributed by atoms with Crippen molar-refractivity contribution in [3.63, 3.8) is 0 Å². The van der Waals surface area contributed by atoms with Crippen molar-refractivity contribution in [3.05, 3.63) is 0 Å². The second-order valence-electron chi connectivity index (χ2n) is 3.29. The van der Waals surface area contributed by atoms with Gasteiger partial charge in [-0.25, -0.2) is 0 Å². The zero-order chi connectivity index (χ0) is 9.07. The van der Waals surface area contributed by atoms with Gasteiger partial charge in [0.25, 0.3) is 0 Å². The van der Waals surface area contributed by atoms with Crippen LogP contribution in [0.1, 0.15) is 33.6 Å². The molecule has 0 saturated heterocycles. The van der Waals surface area contributed by atoms with Crippen LogP contribution in [-0.2, 0) is 4.79 Å². The van der Waals surface area contributed by atoms with Gasteiger partial charge in [0.2, 0.25) is 0 Å². The minimum Gasteiger partial charge on any atom is -0.481 e. The Morgan fingerprint density at radius 2 is 2.09 bits per heavy atom. The Kier molecular flexibility index (Phi) is 3.52. The molecule has 2 atom stereocenters. The van der Waals surface area contributed by atoms with E-state index < -0.39 is 17.5 Å². The van der Waals surface area contributed by atoms with Crippen molar-refractivity contribution in [1.29, 1.82) is 0 Å². The quantitative estimate of drug-likeness (QED) is 0.651. The smallest absolute Gasteiger partial charge is 0.306 e. The van der Waals surface area contributed by atoms with Gasteiger partial charge in [0.15, 0.2) is 0 Å². The van der Waals surface area contributed by atoms with E-state index in [1.54, 1.807) is 13.8 Å². The fourth-order valence-electron chi connectivity index (χ4n) is 0.891. The van der Waals surface area contributed by atoms with Crippen LogP contribution in [0.3, 0.4) is 0 Å². The first kappa shape index (κ1) is 10.4. The van der Waals surface area contributed by atoms with E-state index in [1.807, 2.05) is 6.92 Å². The van der Waals surface area contributed by atoms with E-state index >= 15 is 0 Å². The SMILES string of the molecule is CCC(C)(O)C[C@H](C)C(=O)O. The molecular formula is C8H16O3. The molecule has 3 heteroatoms. The third-order valence-electron chi connectivity index (χ3n) is 1.93. The van der Waals surface area contributed by atoms with Crippen LogP contribution >= 0.6 is 0 Å². The number of carboxylic acid groups (broad SMARTS) is 1.